The van der Waals surface area contributed by atoms with Gasteiger partial charge in [-0.15, -0.1) is 0 Å². The summed E-state index contributed by atoms with van der Waals surface area (Å²) < 4.78 is 27.9. The van der Waals surface area contributed by atoms with Gasteiger partial charge in [-0.2, -0.15) is 4.31 Å². The van der Waals surface area contributed by atoms with Crippen LogP contribution in [0.5, 0.6) is 0 Å². The Hall–Kier alpha value is -1.94. The second-order valence-corrected chi connectivity index (χ2v) is 7.20. The molecule has 0 aromatic carbocycles. The van der Waals surface area contributed by atoms with Crippen LogP contribution in [0.15, 0.2) is 11.2 Å². The zero-order valence-electron chi connectivity index (χ0n) is 11.6. The van der Waals surface area contributed by atoms with Gasteiger partial charge in [-0.1, -0.05) is 0 Å². The second-order valence-electron chi connectivity index (χ2n) is 5.32. The van der Waals surface area contributed by atoms with Gasteiger partial charge in [-0.3, -0.25) is 10.1 Å². The van der Waals surface area contributed by atoms with E-state index in [1.807, 2.05) is 0 Å². The Kier molecular flexibility index (Phi) is 2.85. The Balaban J connectivity index is 1.89. The first kappa shape index (κ1) is 14.0. The highest BCUT2D eigenvalue weighted by molar-refractivity contribution is 7.89. The lowest BCUT2D eigenvalue weighted by Gasteiger charge is -2.20. The van der Waals surface area contributed by atoms with Gasteiger partial charge in [-0.05, 0) is 13.3 Å². The third-order valence-electron chi connectivity index (χ3n) is 3.94. The Morgan fingerprint density at radius 1 is 1.38 bits per heavy atom. The van der Waals surface area contributed by atoms with Crippen LogP contribution >= 0.6 is 0 Å². The fraction of sp³-hybridized carbons (Fsp3) is 0.545. The topological polar surface area (TPSA) is 113 Å². The molecule has 1 spiro atoms. The molecule has 2 fully saturated rings. The van der Waals surface area contributed by atoms with Crippen molar-refractivity contribution >= 4 is 22.0 Å². The molecule has 1 aromatic heterocycles. The number of rotatable bonds is 2. The molecule has 0 radical (unpaired) electrons. The van der Waals surface area contributed by atoms with E-state index in [9.17, 15) is 18.0 Å². The smallest absolute Gasteiger partial charge is 0.322 e. The fourth-order valence-corrected chi connectivity index (χ4v) is 4.10. The van der Waals surface area contributed by atoms with Gasteiger partial charge in [0.05, 0.1) is 0 Å². The Labute approximate surface area is 121 Å². The molecule has 114 valence electrons. The summed E-state index contributed by atoms with van der Waals surface area (Å²) in [6.07, 6.45) is 1.68. The molecule has 2 aliphatic heterocycles. The number of carbonyl (C=O) groups is 2. The molecular formula is C11H15N5O4S. The highest BCUT2D eigenvalue weighted by Gasteiger charge is 2.53. The SMILES string of the molecule is Cc1nc(S(=O)(=O)N2CCC3(C2)NC(=O)NC3=O)cn1C. The number of imide groups is 1. The molecule has 3 heterocycles. The summed E-state index contributed by atoms with van der Waals surface area (Å²) in [5.41, 5.74) is -1.16. The summed E-state index contributed by atoms with van der Waals surface area (Å²) in [6.45, 7) is 1.78. The molecule has 3 rings (SSSR count). The summed E-state index contributed by atoms with van der Waals surface area (Å²) in [6, 6.07) is -0.590. The van der Waals surface area contributed by atoms with Crippen molar-refractivity contribution in [3.63, 3.8) is 0 Å². The first-order chi connectivity index (χ1) is 9.74. The van der Waals surface area contributed by atoms with E-state index in [-0.39, 0.29) is 24.5 Å². The number of aryl methyl sites for hydroxylation is 2. The molecule has 1 unspecified atom stereocenters. The molecule has 9 nitrogen and oxygen atoms in total. The third-order valence-corrected chi connectivity index (χ3v) is 5.66. The second kappa shape index (κ2) is 4.28. The lowest BCUT2D eigenvalue weighted by atomic mass is 10.00. The number of aromatic nitrogens is 2. The van der Waals surface area contributed by atoms with Gasteiger partial charge >= 0.3 is 6.03 Å². The van der Waals surface area contributed by atoms with Crippen molar-refractivity contribution in [2.45, 2.75) is 23.9 Å². The summed E-state index contributed by atoms with van der Waals surface area (Å²) in [5.74, 6) is 0.0943. The van der Waals surface area contributed by atoms with E-state index in [2.05, 4.69) is 15.6 Å². The average Bonchev–Trinajstić information content (AvgIpc) is 3.03. The molecule has 2 N–H and O–H groups in total. The number of hydrogen-bond donors (Lipinski definition) is 2. The molecule has 1 aromatic rings. The Morgan fingerprint density at radius 3 is 2.62 bits per heavy atom. The largest absolute Gasteiger partial charge is 0.337 e. The molecule has 10 heteroatoms. The zero-order chi connectivity index (χ0) is 15.4. The van der Waals surface area contributed by atoms with Crippen LogP contribution in [0.4, 0.5) is 4.79 Å². The lowest BCUT2D eigenvalue weighted by Crippen LogP contribution is -2.49. The zero-order valence-corrected chi connectivity index (χ0v) is 12.4. The minimum absolute atomic E-state index is 0.0516. The van der Waals surface area contributed by atoms with Crippen LogP contribution in [-0.4, -0.2) is 52.8 Å². The number of nitrogens with one attached hydrogen (secondary N) is 2. The van der Waals surface area contributed by atoms with Crippen molar-refractivity contribution in [3.05, 3.63) is 12.0 Å². The van der Waals surface area contributed by atoms with Gasteiger partial charge in [-0.25, -0.2) is 18.2 Å². The first-order valence-corrected chi connectivity index (χ1v) is 7.82. The molecular weight excluding hydrogens is 298 g/mol. The number of nitrogens with zero attached hydrogens (tertiary/aromatic N) is 3. The average molecular weight is 313 g/mol. The van der Waals surface area contributed by atoms with Crippen LogP contribution in [0.3, 0.4) is 0 Å². The highest BCUT2D eigenvalue weighted by Crippen LogP contribution is 2.29. The first-order valence-electron chi connectivity index (χ1n) is 6.38. The van der Waals surface area contributed by atoms with Crippen LogP contribution in [0.2, 0.25) is 0 Å². The maximum absolute atomic E-state index is 12.5. The van der Waals surface area contributed by atoms with Gasteiger partial charge < -0.3 is 9.88 Å². The van der Waals surface area contributed by atoms with Crippen molar-refractivity contribution in [2.24, 2.45) is 7.05 Å². The molecule has 0 aliphatic carbocycles. The summed E-state index contributed by atoms with van der Waals surface area (Å²) in [7, 11) is -2.07. The predicted octanol–water partition coefficient (Wildman–Crippen LogP) is -1.30. The summed E-state index contributed by atoms with van der Waals surface area (Å²) in [4.78, 5) is 27.1. The highest BCUT2D eigenvalue weighted by atomic mass is 32.2. The number of amides is 3. The molecule has 1 atom stereocenters. The number of hydrogen-bond acceptors (Lipinski definition) is 5. The van der Waals surface area contributed by atoms with Crippen molar-refractivity contribution in [2.75, 3.05) is 13.1 Å². The van der Waals surface area contributed by atoms with Crippen molar-refractivity contribution < 1.29 is 18.0 Å². The van der Waals surface area contributed by atoms with Crippen LogP contribution in [0.1, 0.15) is 12.2 Å². The van der Waals surface area contributed by atoms with Crippen LogP contribution in [0.25, 0.3) is 0 Å². The van der Waals surface area contributed by atoms with Crippen LogP contribution in [0, 0.1) is 6.92 Å². The minimum Gasteiger partial charge on any atom is -0.337 e. The van der Waals surface area contributed by atoms with Gasteiger partial charge in [0.25, 0.3) is 15.9 Å². The third kappa shape index (κ3) is 2.02. The summed E-state index contributed by atoms with van der Waals surface area (Å²) in [5, 5.41) is 4.61. The lowest BCUT2D eigenvalue weighted by molar-refractivity contribution is -0.123. The number of imidazole rings is 1. The van der Waals surface area contributed by atoms with Crippen molar-refractivity contribution in [1.82, 2.24) is 24.5 Å². The van der Waals surface area contributed by atoms with E-state index in [0.29, 0.717) is 5.82 Å². The van der Waals surface area contributed by atoms with Crippen LogP contribution < -0.4 is 10.6 Å². The quantitative estimate of drug-likeness (QED) is 0.659. The van der Waals surface area contributed by atoms with E-state index in [4.69, 9.17) is 0 Å². The summed E-state index contributed by atoms with van der Waals surface area (Å²) >= 11 is 0. The van der Waals surface area contributed by atoms with Crippen LogP contribution in [-0.2, 0) is 21.9 Å². The monoisotopic (exact) mass is 313 g/mol. The minimum atomic E-state index is -3.77. The number of urea groups is 1. The van der Waals surface area contributed by atoms with Gasteiger partial charge in [0.2, 0.25) is 0 Å². The molecule has 3 amide bonds. The van der Waals surface area contributed by atoms with Gasteiger partial charge in [0, 0.05) is 26.3 Å². The van der Waals surface area contributed by atoms with Crippen molar-refractivity contribution in [1.29, 1.82) is 0 Å². The number of carbonyl (C=O) groups excluding carboxylic acids is 2. The number of sulfonamides is 1. The molecule has 0 saturated carbocycles. The van der Waals surface area contributed by atoms with E-state index in [1.165, 1.54) is 10.5 Å². The van der Waals surface area contributed by atoms with E-state index >= 15 is 0 Å². The Bertz CT molecular complexity index is 720. The standard InChI is InChI=1S/C11H15N5O4S/c1-7-12-8(5-15(7)2)21(19,20)16-4-3-11(6-16)9(17)13-10(18)14-11/h5H,3-4,6H2,1-2H3,(H2,13,14,17,18). The molecule has 2 aliphatic rings. The Morgan fingerprint density at radius 2 is 2.10 bits per heavy atom. The van der Waals surface area contributed by atoms with Gasteiger partial charge in [0.1, 0.15) is 11.4 Å². The molecule has 2 saturated heterocycles. The van der Waals surface area contributed by atoms with E-state index in [1.54, 1.807) is 18.5 Å². The normalized spacial score (nSPS) is 26.4. The van der Waals surface area contributed by atoms with E-state index < -0.39 is 27.5 Å². The van der Waals surface area contributed by atoms with Crippen molar-refractivity contribution in [3.8, 4) is 0 Å². The maximum Gasteiger partial charge on any atom is 0.322 e. The van der Waals surface area contributed by atoms with Gasteiger partial charge in [0.15, 0.2) is 5.03 Å². The fourth-order valence-electron chi connectivity index (χ4n) is 2.58. The maximum atomic E-state index is 12.5. The predicted molar refractivity (Wildman–Crippen MR) is 70.7 cm³/mol. The van der Waals surface area contributed by atoms with E-state index in [0.717, 1.165) is 0 Å². The molecule has 0 bridgehead atoms. The molecule has 21 heavy (non-hydrogen) atoms.